The van der Waals surface area contributed by atoms with E-state index in [4.69, 9.17) is 9.15 Å². The summed E-state index contributed by atoms with van der Waals surface area (Å²) in [6, 6.07) is 6.54. The third kappa shape index (κ3) is 4.85. The average molecular weight is 465 g/mol. The van der Waals surface area contributed by atoms with Gasteiger partial charge in [0, 0.05) is 45.6 Å². The molecule has 0 aliphatic carbocycles. The van der Waals surface area contributed by atoms with Gasteiger partial charge in [-0.05, 0) is 48.7 Å². The van der Waals surface area contributed by atoms with Gasteiger partial charge in [-0.3, -0.25) is 9.59 Å². The highest BCUT2D eigenvalue weighted by Gasteiger charge is 2.43. The van der Waals surface area contributed by atoms with Crippen molar-refractivity contribution in [1.29, 1.82) is 0 Å². The minimum absolute atomic E-state index is 0.166. The fraction of sp³-hybridized carbons (Fsp3) is 0.478. The molecule has 4 rings (SSSR count). The summed E-state index contributed by atoms with van der Waals surface area (Å²) in [5, 5.41) is 2.88. The van der Waals surface area contributed by atoms with E-state index in [9.17, 15) is 22.8 Å². The van der Waals surface area contributed by atoms with E-state index in [0.29, 0.717) is 43.9 Å². The van der Waals surface area contributed by atoms with Crippen molar-refractivity contribution >= 4 is 17.5 Å². The fourth-order valence-corrected chi connectivity index (χ4v) is 4.60. The lowest BCUT2D eigenvalue weighted by molar-refractivity contribution is -0.137. The van der Waals surface area contributed by atoms with Crippen LogP contribution in [0.25, 0.3) is 0 Å². The largest absolute Gasteiger partial charge is 0.459 e. The molecule has 2 atom stereocenters. The Labute approximate surface area is 189 Å². The predicted molar refractivity (Wildman–Crippen MR) is 114 cm³/mol. The first-order valence-electron chi connectivity index (χ1n) is 10.9. The zero-order chi connectivity index (χ0) is 23.6. The summed E-state index contributed by atoms with van der Waals surface area (Å²) in [5.74, 6) is -0.889. The number of piperazine rings is 1. The van der Waals surface area contributed by atoms with Gasteiger partial charge in [0.05, 0.1) is 23.8 Å². The smallest absolute Gasteiger partial charge is 0.416 e. The number of benzene rings is 1. The van der Waals surface area contributed by atoms with Gasteiger partial charge in [-0.2, -0.15) is 13.2 Å². The van der Waals surface area contributed by atoms with Gasteiger partial charge in [0.15, 0.2) is 5.76 Å². The standard InChI is InChI=1S/C23H26F3N3O4/c1-32-10-3-7-27-21(30)17-13-15-12-16(23(24,25)26)5-6-18(15)29-9-8-28(14-19(17)29)22(31)20-4-2-11-33-20/h2,4-6,11-12,17,19H,3,7-10,13-14H2,1H3,(H,27,30)/t17-,19+/m1/s1. The van der Waals surface area contributed by atoms with E-state index in [1.165, 1.54) is 12.3 Å². The Morgan fingerprint density at radius 3 is 2.76 bits per heavy atom. The molecule has 7 nitrogen and oxygen atoms in total. The number of methoxy groups -OCH3 is 1. The molecule has 2 aromatic rings. The molecule has 0 radical (unpaired) electrons. The van der Waals surface area contributed by atoms with Crippen molar-refractivity contribution in [2.45, 2.75) is 25.1 Å². The van der Waals surface area contributed by atoms with Crippen LogP contribution in [0.4, 0.5) is 18.9 Å². The topological polar surface area (TPSA) is 75.0 Å². The lowest BCUT2D eigenvalue weighted by atomic mass is 9.82. The van der Waals surface area contributed by atoms with E-state index in [2.05, 4.69) is 5.32 Å². The number of amides is 2. The van der Waals surface area contributed by atoms with Gasteiger partial charge in [0.2, 0.25) is 5.91 Å². The molecule has 0 unspecified atom stereocenters. The third-order valence-electron chi connectivity index (χ3n) is 6.22. The molecule has 2 amide bonds. The minimum Gasteiger partial charge on any atom is -0.459 e. The molecule has 1 N–H and O–H groups in total. The number of carbonyl (C=O) groups excluding carboxylic acids is 2. The average Bonchev–Trinajstić information content (AvgIpc) is 3.34. The monoisotopic (exact) mass is 465 g/mol. The molecule has 3 heterocycles. The van der Waals surface area contributed by atoms with Crippen LogP contribution in [-0.2, 0) is 22.1 Å². The maximum atomic E-state index is 13.3. The molecule has 0 saturated carbocycles. The Morgan fingerprint density at radius 1 is 1.24 bits per heavy atom. The summed E-state index contributed by atoms with van der Waals surface area (Å²) in [4.78, 5) is 29.5. The number of hydrogen-bond donors (Lipinski definition) is 1. The Morgan fingerprint density at radius 2 is 2.06 bits per heavy atom. The van der Waals surface area contributed by atoms with Crippen LogP contribution in [0.15, 0.2) is 41.0 Å². The molecule has 0 spiro atoms. The quantitative estimate of drug-likeness (QED) is 0.664. The van der Waals surface area contributed by atoms with Crippen LogP contribution in [0.1, 0.15) is 28.1 Å². The minimum atomic E-state index is -4.46. The van der Waals surface area contributed by atoms with Gasteiger partial charge < -0.3 is 24.3 Å². The van der Waals surface area contributed by atoms with Crippen LogP contribution in [0, 0.1) is 5.92 Å². The molecular formula is C23H26F3N3O4. The molecule has 1 aromatic heterocycles. The van der Waals surface area contributed by atoms with Crippen molar-refractivity contribution in [3.8, 4) is 0 Å². The van der Waals surface area contributed by atoms with E-state index >= 15 is 0 Å². The number of nitrogens with one attached hydrogen (secondary N) is 1. The van der Waals surface area contributed by atoms with E-state index in [-0.39, 0.29) is 36.6 Å². The summed E-state index contributed by atoms with van der Waals surface area (Å²) in [5.41, 5.74) is 0.441. The molecule has 10 heteroatoms. The van der Waals surface area contributed by atoms with Crippen molar-refractivity contribution in [3.63, 3.8) is 0 Å². The molecule has 2 aliphatic heterocycles. The number of carbonyl (C=O) groups is 2. The SMILES string of the molecule is COCCCNC(=O)[C@@H]1Cc2cc(C(F)(F)F)ccc2N2CCN(C(=O)c3ccco3)C[C@@H]12. The van der Waals surface area contributed by atoms with E-state index in [1.54, 1.807) is 24.1 Å². The number of anilines is 1. The zero-order valence-corrected chi connectivity index (χ0v) is 18.2. The predicted octanol–water partition coefficient (Wildman–Crippen LogP) is 2.95. The Kier molecular flexibility index (Phi) is 6.64. The maximum absolute atomic E-state index is 13.3. The van der Waals surface area contributed by atoms with Crippen molar-refractivity contribution < 1.29 is 31.9 Å². The van der Waals surface area contributed by atoms with Crippen molar-refractivity contribution in [1.82, 2.24) is 10.2 Å². The van der Waals surface area contributed by atoms with Crippen LogP contribution in [0.2, 0.25) is 0 Å². The number of halogens is 3. The Bertz CT molecular complexity index is 993. The molecule has 2 aliphatic rings. The molecular weight excluding hydrogens is 439 g/mol. The second-order valence-electron chi connectivity index (χ2n) is 8.28. The van der Waals surface area contributed by atoms with Crippen molar-refractivity contribution in [3.05, 3.63) is 53.5 Å². The first-order chi connectivity index (χ1) is 15.8. The number of nitrogens with zero attached hydrogens (tertiary/aromatic N) is 2. The highest BCUT2D eigenvalue weighted by Crippen LogP contribution is 2.39. The summed E-state index contributed by atoms with van der Waals surface area (Å²) in [7, 11) is 1.57. The Balaban J connectivity index is 1.60. The normalized spacial score (nSPS) is 20.2. The number of fused-ring (bicyclic) bond motifs is 3. The molecule has 33 heavy (non-hydrogen) atoms. The summed E-state index contributed by atoms with van der Waals surface area (Å²) >= 11 is 0. The zero-order valence-electron chi connectivity index (χ0n) is 18.2. The summed E-state index contributed by atoms with van der Waals surface area (Å²) < 4.78 is 50.1. The third-order valence-corrected chi connectivity index (χ3v) is 6.22. The molecule has 0 bridgehead atoms. The van der Waals surface area contributed by atoms with E-state index in [1.807, 2.05) is 4.90 Å². The second-order valence-corrected chi connectivity index (χ2v) is 8.28. The lowest BCUT2D eigenvalue weighted by Gasteiger charge is -2.49. The van der Waals surface area contributed by atoms with Crippen LogP contribution < -0.4 is 10.2 Å². The number of alkyl halides is 3. The fourth-order valence-electron chi connectivity index (χ4n) is 4.60. The lowest BCUT2D eigenvalue weighted by Crippen LogP contribution is -2.62. The molecule has 1 aromatic carbocycles. The van der Waals surface area contributed by atoms with Crippen LogP contribution >= 0.6 is 0 Å². The molecule has 1 saturated heterocycles. The first kappa shape index (κ1) is 23.2. The van der Waals surface area contributed by atoms with Crippen molar-refractivity contribution in [2.75, 3.05) is 44.8 Å². The number of furan rings is 1. The number of rotatable bonds is 6. The van der Waals surface area contributed by atoms with Crippen molar-refractivity contribution in [2.24, 2.45) is 5.92 Å². The van der Waals surface area contributed by atoms with Gasteiger partial charge in [-0.1, -0.05) is 0 Å². The van der Waals surface area contributed by atoms with Gasteiger partial charge in [0.1, 0.15) is 0 Å². The summed E-state index contributed by atoms with van der Waals surface area (Å²) in [6.07, 6.45) is -2.24. The van der Waals surface area contributed by atoms with Crippen LogP contribution in [0.5, 0.6) is 0 Å². The highest BCUT2D eigenvalue weighted by atomic mass is 19.4. The van der Waals surface area contributed by atoms with Gasteiger partial charge in [-0.15, -0.1) is 0 Å². The number of ether oxygens (including phenoxy) is 1. The number of hydrogen-bond acceptors (Lipinski definition) is 5. The molecule has 1 fully saturated rings. The maximum Gasteiger partial charge on any atom is 0.416 e. The summed E-state index contributed by atoms with van der Waals surface area (Å²) in [6.45, 7) is 1.95. The van der Waals surface area contributed by atoms with Gasteiger partial charge in [-0.25, -0.2) is 0 Å². The molecule has 178 valence electrons. The Hall–Kier alpha value is -3.01. The van der Waals surface area contributed by atoms with E-state index in [0.717, 1.165) is 12.1 Å². The highest BCUT2D eigenvalue weighted by molar-refractivity contribution is 5.92. The van der Waals surface area contributed by atoms with Gasteiger partial charge >= 0.3 is 6.18 Å². The van der Waals surface area contributed by atoms with Crippen LogP contribution in [0.3, 0.4) is 0 Å². The van der Waals surface area contributed by atoms with Crippen LogP contribution in [-0.4, -0.2) is 62.7 Å². The van der Waals surface area contributed by atoms with Gasteiger partial charge in [0.25, 0.3) is 5.91 Å². The second kappa shape index (κ2) is 9.46. The first-order valence-corrected chi connectivity index (χ1v) is 10.9. The van der Waals surface area contributed by atoms with E-state index < -0.39 is 17.7 Å².